The highest BCUT2D eigenvalue weighted by Crippen LogP contribution is 2.43. The molecule has 0 aromatic heterocycles. The van der Waals surface area contributed by atoms with E-state index in [1.54, 1.807) is 14.2 Å². The average molecular weight is 683 g/mol. The summed E-state index contributed by atoms with van der Waals surface area (Å²) >= 11 is 0. The molecule has 5 aromatic carbocycles. The van der Waals surface area contributed by atoms with Crippen LogP contribution in [0.5, 0.6) is 0 Å². The first-order chi connectivity index (χ1) is 24.6. The smallest absolute Gasteiger partial charge is 0.132 e. The highest BCUT2D eigenvalue weighted by molar-refractivity contribution is 7.94. The van der Waals surface area contributed by atoms with Crippen LogP contribution in [0.3, 0.4) is 0 Å². The van der Waals surface area contributed by atoms with Crippen molar-refractivity contribution in [3.05, 3.63) is 175 Å². The van der Waals surface area contributed by atoms with Crippen LogP contribution < -0.4 is 15.9 Å². The van der Waals surface area contributed by atoms with Crippen molar-refractivity contribution in [3.63, 3.8) is 0 Å². The van der Waals surface area contributed by atoms with Crippen molar-refractivity contribution in [1.82, 2.24) is 0 Å². The number of Topliss-reactive ketones (excluding diaryl/α,β-unsaturated/α-hetero) is 1. The van der Waals surface area contributed by atoms with Gasteiger partial charge in [-0.15, -0.1) is 0 Å². The molecule has 0 heterocycles. The number of allylic oxidation sites excluding steroid dienone is 1. The van der Waals surface area contributed by atoms with Gasteiger partial charge >= 0.3 is 0 Å². The summed E-state index contributed by atoms with van der Waals surface area (Å²) < 4.78 is 10.7. The lowest BCUT2D eigenvalue weighted by Crippen LogP contribution is -2.27. The Kier molecular flexibility index (Phi) is 14.5. The van der Waals surface area contributed by atoms with Gasteiger partial charge in [0.05, 0.1) is 13.4 Å². The van der Waals surface area contributed by atoms with E-state index >= 15 is 0 Å². The summed E-state index contributed by atoms with van der Waals surface area (Å²) in [4.78, 5) is 11.0. The first-order valence-corrected chi connectivity index (χ1v) is 19.7. The molecule has 0 spiro atoms. The van der Waals surface area contributed by atoms with Crippen LogP contribution in [0.4, 0.5) is 0 Å². The third-order valence-electron chi connectivity index (χ3n) is 9.75. The minimum atomic E-state index is -1.90. The van der Waals surface area contributed by atoms with Gasteiger partial charge in [-0.2, -0.15) is 0 Å². The molecule has 7 rings (SSSR count). The van der Waals surface area contributed by atoms with Gasteiger partial charge in [0.2, 0.25) is 0 Å². The highest BCUT2D eigenvalue weighted by atomic mass is 31.2. The molecule has 5 aromatic rings. The summed E-state index contributed by atoms with van der Waals surface area (Å²) in [6, 6.07) is 53.3. The molecule has 0 N–H and O–H groups in total. The molecule has 0 bridgehead atoms. The van der Waals surface area contributed by atoms with Crippen LogP contribution >= 0.6 is 6.89 Å². The molecule has 0 atom stereocenters. The van der Waals surface area contributed by atoms with E-state index in [2.05, 4.69) is 146 Å². The Morgan fingerprint density at radius 1 is 0.480 bits per heavy atom. The first kappa shape index (κ1) is 36.8. The van der Waals surface area contributed by atoms with Crippen molar-refractivity contribution in [1.29, 1.82) is 0 Å². The van der Waals surface area contributed by atoms with E-state index in [4.69, 9.17) is 9.47 Å². The molecule has 0 aliphatic heterocycles. The van der Waals surface area contributed by atoms with Crippen molar-refractivity contribution in [2.45, 2.75) is 63.2 Å². The monoisotopic (exact) mass is 682 g/mol. The summed E-state index contributed by atoms with van der Waals surface area (Å²) in [5.74, 6) is 3.85. The Labute approximate surface area is 300 Å². The summed E-state index contributed by atoms with van der Waals surface area (Å²) in [6.45, 7) is -1.90. The molecule has 0 radical (unpaired) electrons. The molecule has 3 nitrogen and oxygen atoms in total. The van der Waals surface area contributed by atoms with Crippen LogP contribution in [0, 0.1) is 0 Å². The van der Waals surface area contributed by atoms with E-state index in [-0.39, 0.29) is 0 Å². The minimum Gasteiger partial charge on any atom is -0.504 e. The van der Waals surface area contributed by atoms with Gasteiger partial charge in [0.15, 0.2) is 0 Å². The number of methoxy groups -OCH3 is 2. The number of ether oxygens (including phenoxy) is 2. The molecule has 0 saturated heterocycles. The minimum absolute atomic E-state index is 0.437. The third-order valence-corrected chi connectivity index (χ3v) is 13.6. The van der Waals surface area contributed by atoms with Gasteiger partial charge in [-0.3, -0.25) is 4.79 Å². The maximum atomic E-state index is 11.0. The molecule has 2 fully saturated rings. The first-order valence-electron chi connectivity index (χ1n) is 17.9. The van der Waals surface area contributed by atoms with E-state index in [1.807, 2.05) is 18.3 Å². The topological polar surface area (TPSA) is 35.5 Å². The lowest BCUT2D eigenvalue weighted by atomic mass is 9.82. The summed E-state index contributed by atoms with van der Waals surface area (Å²) in [5.41, 5.74) is 4.36. The zero-order valence-corrected chi connectivity index (χ0v) is 30.5. The second kappa shape index (κ2) is 19.7. The van der Waals surface area contributed by atoms with Crippen LogP contribution in [-0.4, -0.2) is 26.0 Å². The molecule has 0 amide bonds. The molecule has 50 heavy (non-hydrogen) atoms. The zero-order valence-electron chi connectivity index (χ0n) is 29.6. The number of benzene rings is 5. The van der Waals surface area contributed by atoms with Crippen molar-refractivity contribution in [2.24, 2.45) is 0 Å². The van der Waals surface area contributed by atoms with E-state index in [0.717, 1.165) is 31.6 Å². The summed E-state index contributed by atoms with van der Waals surface area (Å²) in [7, 11) is 3.47. The molecule has 258 valence electrons. The summed E-state index contributed by atoms with van der Waals surface area (Å²) in [5, 5.41) is 3.90. The van der Waals surface area contributed by atoms with Crippen LogP contribution in [0.1, 0.15) is 74.3 Å². The van der Waals surface area contributed by atoms with Gasteiger partial charge < -0.3 is 9.47 Å². The molecule has 0 unspecified atom stereocenters. The zero-order chi connectivity index (χ0) is 34.9. The second-order valence-electron chi connectivity index (χ2n) is 13.0. The van der Waals surface area contributed by atoms with Crippen molar-refractivity contribution in [3.8, 4) is 0 Å². The van der Waals surface area contributed by atoms with Gasteiger partial charge in [-0.25, -0.2) is 0 Å². The third kappa shape index (κ3) is 10.1. The normalized spacial score (nSPS) is 16.2. The number of rotatable bonds is 7. The van der Waals surface area contributed by atoms with Gasteiger partial charge in [0.1, 0.15) is 5.78 Å². The molecule has 2 aliphatic rings. The van der Waals surface area contributed by atoms with Crippen molar-refractivity contribution >= 4 is 34.6 Å². The Hall–Kier alpha value is -4.43. The molecule has 4 heteroatoms. The standard InChI is InChI=1S/C20H19OP.C14H18O.C12H14O/c1-21-17-22(18-11-5-2-6-12-18,19-13-7-3-8-14-19)20-15-9-4-10-16-20;1-15-11-12-7-9-14(10-8-12)13-5-3-2-4-6-13;13-12-8-6-11(7-9-12)10-4-2-1-3-5-10/h2-17H,1H3;2-6,11,14H,7-10H2,1H3;1-5,11H,6-9H2. The second-order valence-corrected chi connectivity index (χ2v) is 16.2. The SMILES string of the molecule is COC=C1CCC(c2ccccc2)CC1.COC=P(c1ccccc1)(c1ccccc1)c1ccccc1.O=C1CCC(c2ccccc2)CC1. The molecule has 2 aliphatic carbocycles. The highest BCUT2D eigenvalue weighted by Gasteiger charge is 2.25. The Morgan fingerprint density at radius 3 is 1.16 bits per heavy atom. The molecule has 2 saturated carbocycles. The largest absolute Gasteiger partial charge is 0.504 e. The van der Waals surface area contributed by atoms with Gasteiger partial charge in [0, 0.05) is 25.9 Å². The predicted octanol–water partition coefficient (Wildman–Crippen LogP) is 10.2. The maximum absolute atomic E-state index is 11.0. The Bertz CT molecular complexity index is 1660. The quantitative estimate of drug-likeness (QED) is 0.127. The molecular formula is C46H51O3P. The maximum Gasteiger partial charge on any atom is 0.132 e. The number of hydrogen-bond acceptors (Lipinski definition) is 3. The van der Waals surface area contributed by atoms with Gasteiger partial charge in [0.25, 0.3) is 0 Å². The van der Waals surface area contributed by atoms with Crippen molar-refractivity contribution < 1.29 is 14.3 Å². The number of hydrogen-bond donors (Lipinski definition) is 0. The number of carbonyl (C=O) groups excluding carboxylic acids is 1. The summed E-state index contributed by atoms with van der Waals surface area (Å²) in [6.07, 6.45) is 10.5. The lowest BCUT2D eigenvalue weighted by molar-refractivity contribution is -0.120. The van der Waals surface area contributed by atoms with Crippen LogP contribution in [0.2, 0.25) is 0 Å². The van der Waals surface area contributed by atoms with Crippen molar-refractivity contribution in [2.75, 3.05) is 14.2 Å². The molecular weight excluding hydrogens is 631 g/mol. The van der Waals surface area contributed by atoms with Crippen LogP contribution in [-0.2, 0) is 14.3 Å². The van der Waals surface area contributed by atoms with E-state index < -0.39 is 6.89 Å². The van der Waals surface area contributed by atoms with E-state index in [0.29, 0.717) is 11.7 Å². The fourth-order valence-corrected chi connectivity index (χ4v) is 10.6. The Balaban J connectivity index is 0.000000152. The number of ketones is 1. The van der Waals surface area contributed by atoms with Gasteiger partial charge in [-0.1, -0.05) is 152 Å². The fraction of sp³-hybridized carbons (Fsp3) is 0.261. The fourth-order valence-electron chi connectivity index (χ4n) is 7.11. The van der Waals surface area contributed by atoms with E-state index in [1.165, 1.54) is 58.3 Å². The van der Waals surface area contributed by atoms with Crippen LogP contribution in [0.25, 0.3) is 0 Å². The average Bonchev–Trinajstić information content (AvgIpc) is 3.20. The van der Waals surface area contributed by atoms with Gasteiger partial charge in [-0.05, 0) is 89.9 Å². The Morgan fingerprint density at radius 2 is 0.820 bits per heavy atom. The van der Waals surface area contributed by atoms with E-state index in [9.17, 15) is 4.79 Å². The predicted molar refractivity (Wildman–Crippen MR) is 214 cm³/mol. The lowest BCUT2D eigenvalue weighted by Gasteiger charge is -2.27. The number of carbonyl (C=O) groups is 1. The van der Waals surface area contributed by atoms with Crippen LogP contribution in [0.15, 0.2) is 163 Å².